The zero-order chi connectivity index (χ0) is 10.3. The van der Waals surface area contributed by atoms with E-state index in [1.54, 1.807) is 6.92 Å². The highest BCUT2D eigenvalue weighted by Gasteiger charge is 2.46. The molecule has 6 nitrogen and oxygen atoms in total. The largest absolute Gasteiger partial charge is 0.394 e. The molecule has 0 aromatic rings. The summed E-state index contributed by atoms with van der Waals surface area (Å²) in [6.07, 6.45) is -0.546. The maximum absolute atomic E-state index is 11.0. The standard InChI is InChI=1S/C6H14N2O4S/c1-6(4-9)2-5(10)3-8(6)13(7,11)12/h5,9-10H,2-4H2,1H3,(H2,7,11,12). The Balaban J connectivity index is 2.98. The zero-order valence-electron chi connectivity index (χ0n) is 7.34. The predicted octanol–water partition coefficient (Wildman–Crippen LogP) is -1.99. The number of nitrogens with two attached hydrogens (primary N) is 1. The maximum atomic E-state index is 11.0. The number of aliphatic hydroxyl groups is 2. The summed E-state index contributed by atoms with van der Waals surface area (Å²) in [5.74, 6) is 0. The summed E-state index contributed by atoms with van der Waals surface area (Å²) in [6, 6.07) is 0. The molecule has 0 aliphatic carbocycles. The highest BCUT2D eigenvalue weighted by Crippen LogP contribution is 2.30. The van der Waals surface area contributed by atoms with Gasteiger partial charge in [-0.2, -0.15) is 12.7 Å². The fraction of sp³-hybridized carbons (Fsp3) is 1.00. The van der Waals surface area contributed by atoms with E-state index >= 15 is 0 Å². The molecule has 0 bridgehead atoms. The molecular formula is C6H14N2O4S. The molecule has 1 fully saturated rings. The first-order chi connectivity index (χ1) is 5.79. The average molecular weight is 210 g/mol. The Kier molecular flexibility index (Phi) is 2.65. The van der Waals surface area contributed by atoms with Gasteiger partial charge in [-0.1, -0.05) is 0 Å². The molecule has 13 heavy (non-hydrogen) atoms. The van der Waals surface area contributed by atoms with Crippen molar-refractivity contribution in [2.45, 2.75) is 25.0 Å². The van der Waals surface area contributed by atoms with Crippen molar-refractivity contribution in [3.8, 4) is 0 Å². The smallest absolute Gasteiger partial charge is 0.277 e. The van der Waals surface area contributed by atoms with Gasteiger partial charge >= 0.3 is 0 Å². The molecule has 0 radical (unpaired) electrons. The first-order valence-electron chi connectivity index (χ1n) is 3.89. The lowest BCUT2D eigenvalue weighted by Crippen LogP contribution is -2.50. The van der Waals surface area contributed by atoms with E-state index in [1.807, 2.05) is 0 Å². The van der Waals surface area contributed by atoms with Crippen LogP contribution in [0.25, 0.3) is 0 Å². The zero-order valence-corrected chi connectivity index (χ0v) is 8.16. The van der Waals surface area contributed by atoms with Crippen molar-refractivity contribution in [2.75, 3.05) is 13.2 Å². The molecule has 0 saturated carbocycles. The molecule has 1 rings (SSSR count). The molecule has 0 amide bonds. The normalized spacial score (nSPS) is 36.8. The first kappa shape index (κ1) is 10.9. The summed E-state index contributed by atoms with van der Waals surface area (Å²) in [5, 5.41) is 23.2. The summed E-state index contributed by atoms with van der Waals surface area (Å²) in [5.41, 5.74) is -0.965. The van der Waals surface area contributed by atoms with Gasteiger partial charge in [0.2, 0.25) is 0 Å². The highest BCUT2D eigenvalue weighted by atomic mass is 32.2. The topological polar surface area (TPSA) is 104 Å². The number of nitrogens with zero attached hydrogens (tertiary/aromatic N) is 1. The Morgan fingerprint density at radius 2 is 2.23 bits per heavy atom. The minimum Gasteiger partial charge on any atom is -0.394 e. The van der Waals surface area contributed by atoms with Crippen LogP contribution in [0.5, 0.6) is 0 Å². The van der Waals surface area contributed by atoms with Crippen LogP contribution in [0, 0.1) is 0 Å². The van der Waals surface area contributed by atoms with Crippen molar-refractivity contribution in [3.05, 3.63) is 0 Å². The van der Waals surface area contributed by atoms with Gasteiger partial charge in [0.1, 0.15) is 0 Å². The van der Waals surface area contributed by atoms with E-state index in [-0.39, 0.29) is 19.6 Å². The summed E-state index contributed by atoms with van der Waals surface area (Å²) >= 11 is 0. The van der Waals surface area contributed by atoms with E-state index in [2.05, 4.69) is 0 Å². The second kappa shape index (κ2) is 3.18. The third-order valence-corrected chi connectivity index (χ3v) is 3.51. The molecule has 0 aromatic carbocycles. The molecule has 1 aliphatic rings. The Hall–Kier alpha value is -0.210. The van der Waals surface area contributed by atoms with Crippen LogP contribution >= 0.6 is 0 Å². The summed E-state index contributed by atoms with van der Waals surface area (Å²) in [4.78, 5) is 0. The minimum absolute atomic E-state index is 0.0457. The van der Waals surface area contributed by atoms with Crippen LogP contribution in [0.1, 0.15) is 13.3 Å². The molecule has 1 heterocycles. The fourth-order valence-corrected chi connectivity index (χ4v) is 2.77. The van der Waals surface area contributed by atoms with E-state index in [1.165, 1.54) is 0 Å². The molecule has 2 unspecified atom stereocenters. The van der Waals surface area contributed by atoms with E-state index in [9.17, 15) is 13.5 Å². The van der Waals surface area contributed by atoms with Gasteiger partial charge in [0.25, 0.3) is 10.2 Å². The van der Waals surface area contributed by atoms with Crippen molar-refractivity contribution in [1.29, 1.82) is 0 Å². The van der Waals surface area contributed by atoms with Gasteiger partial charge in [0, 0.05) is 6.54 Å². The van der Waals surface area contributed by atoms with Crippen LogP contribution in [0.3, 0.4) is 0 Å². The molecule has 2 atom stereocenters. The van der Waals surface area contributed by atoms with Crippen LogP contribution in [0.2, 0.25) is 0 Å². The van der Waals surface area contributed by atoms with Gasteiger partial charge in [0.15, 0.2) is 0 Å². The van der Waals surface area contributed by atoms with Crippen molar-refractivity contribution in [1.82, 2.24) is 4.31 Å². The predicted molar refractivity (Wildman–Crippen MR) is 45.9 cm³/mol. The van der Waals surface area contributed by atoms with E-state index in [0.717, 1.165) is 4.31 Å². The van der Waals surface area contributed by atoms with Crippen molar-refractivity contribution in [2.24, 2.45) is 5.14 Å². The Morgan fingerprint density at radius 1 is 1.69 bits per heavy atom. The van der Waals surface area contributed by atoms with Crippen LogP contribution in [0.4, 0.5) is 0 Å². The molecule has 4 N–H and O–H groups in total. The first-order valence-corrected chi connectivity index (χ1v) is 5.39. The van der Waals surface area contributed by atoms with E-state index in [0.29, 0.717) is 0 Å². The number of rotatable bonds is 2. The van der Waals surface area contributed by atoms with Gasteiger partial charge in [-0.3, -0.25) is 0 Å². The van der Waals surface area contributed by atoms with Crippen LogP contribution < -0.4 is 5.14 Å². The number of aliphatic hydroxyl groups excluding tert-OH is 2. The lowest BCUT2D eigenvalue weighted by molar-refractivity contribution is 0.131. The monoisotopic (exact) mass is 210 g/mol. The second-order valence-corrected chi connectivity index (χ2v) is 5.06. The lowest BCUT2D eigenvalue weighted by atomic mass is 10.0. The maximum Gasteiger partial charge on any atom is 0.277 e. The van der Waals surface area contributed by atoms with Crippen LogP contribution in [-0.4, -0.2) is 47.7 Å². The highest BCUT2D eigenvalue weighted by molar-refractivity contribution is 7.86. The van der Waals surface area contributed by atoms with Gasteiger partial charge in [-0.15, -0.1) is 0 Å². The second-order valence-electron chi connectivity index (χ2n) is 3.59. The Labute approximate surface area is 77.1 Å². The molecule has 1 saturated heterocycles. The van der Waals surface area contributed by atoms with Gasteiger partial charge in [0.05, 0.1) is 18.2 Å². The van der Waals surface area contributed by atoms with Crippen molar-refractivity contribution < 1.29 is 18.6 Å². The number of hydrogen-bond donors (Lipinski definition) is 3. The SMILES string of the molecule is CC1(CO)CC(O)CN1S(N)(=O)=O. The Morgan fingerprint density at radius 3 is 2.54 bits per heavy atom. The van der Waals surface area contributed by atoms with Gasteiger partial charge < -0.3 is 10.2 Å². The summed E-state index contributed by atoms with van der Waals surface area (Å²) in [7, 11) is -3.84. The minimum atomic E-state index is -3.84. The number of hydrogen-bond acceptors (Lipinski definition) is 4. The van der Waals surface area contributed by atoms with Crippen molar-refractivity contribution >= 4 is 10.2 Å². The van der Waals surface area contributed by atoms with E-state index in [4.69, 9.17) is 10.2 Å². The van der Waals surface area contributed by atoms with Crippen molar-refractivity contribution in [3.63, 3.8) is 0 Å². The molecule has 1 aliphatic heterocycles. The number of β-amino-alcohol motifs (C(OH)–C–C–N with tert-alkyl or cyclic N) is 1. The average Bonchev–Trinajstić information content (AvgIpc) is 2.26. The lowest BCUT2D eigenvalue weighted by Gasteiger charge is -2.30. The molecule has 78 valence electrons. The van der Waals surface area contributed by atoms with Crippen LogP contribution in [-0.2, 0) is 10.2 Å². The molecular weight excluding hydrogens is 196 g/mol. The third kappa shape index (κ3) is 2.00. The van der Waals surface area contributed by atoms with Gasteiger partial charge in [-0.05, 0) is 13.3 Å². The molecule has 0 spiro atoms. The quantitative estimate of drug-likeness (QED) is 0.490. The van der Waals surface area contributed by atoms with E-state index < -0.39 is 21.9 Å². The van der Waals surface area contributed by atoms with Crippen LogP contribution in [0.15, 0.2) is 0 Å². The molecule has 7 heteroatoms. The summed E-state index contributed by atoms with van der Waals surface area (Å²) in [6.45, 7) is 1.16. The third-order valence-electron chi connectivity index (χ3n) is 2.30. The summed E-state index contributed by atoms with van der Waals surface area (Å²) < 4.78 is 23.0. The van der Waals surface area contributed by atoms with Gasteiger partial charge in [-0.25, -0.2) is 5.14 Å². The molecule has 0 aromatic heterocycles. The fourth-order valence-electron chi connectivity index (χ4n) is 1.64. The Bertz CT molecular complexity index is 291.